The number of hydrogen-bond acceptors (Lipinski definition) is 4. The van der Waals surface area contributed by atoms with Gasteiger partial charge in [-0.2, -0.15) is 0 Å². The lowest BCUT2D eigenvalue weighted by atomic mass is 9.94. The van der Waals surface area contributed by atoms with Crippen LogP contribution in [0, 0.1) is 11.8 Å². The Kier molecular flexibility index (Phi) is 6.96. The van der Waals surface area contributed by atoms with Gasteiger partial charge in [-0.15, -0.1) is 0 Å². The Morgan fingerprint density at radius 2 is 1.72 bits per heavy atom. The number of ether oxygens (including phenoxy) is 2. The lowest BCUT2D eigenvalue weighted by Gasteiger charge is -2.22. The Bertz CT molecular complexity index is 276. The number of hydrogen-bond donors (Lipinski definition) is 0. The lowest BCUT2D eigenvalue weighted by Crippen LogP contribution is -2.28. The first-order valence-corrected chi connectivity index (χ1v) is 6.54. The molecule has 4 nitrogen and oxygen atoms in total. The minimum Gasteiger partial charge on any atom is -0.466 e. The van der Waals surface area contributed by atoms with E-state index in [0.29, 0.717) is 18.9 Å². The first-order valence-electron chi connectivity index (χ1n) is 6.54. The molecule has 0 aromatic carbocycles. The van der Waals surface area contributed by atoms with E-state index in [4.69, 9.17) is 9.47 Å². The molecule has 106 valence electrons. The third-order valence-corrected chi connectivity index (χ3v) is 2.21. The minimum atomic E-state index is -0.520. The lowest BCUT2D eigenvalue weighted by molar-refractivity contribution is -0.161. The van der Waals surface area contributed by atoms with Crippen molar-refractivity contribution in [1.29, 1.82) is 0 Å². The van der Waals surface area contributed by atoms with Crippen molar-refractivity contribution in [2.45, 2.75) is 60.0 Å². The Hall–Kier alpha value is -1.06. The van der Waals surface area contributed by atoms with Crippen LogP contribution in [0.4, 0.5) is 0 Å². The Morgan fingerprint density at radius 1 is 1.17 bits per heavy atom. The number of carbonyl (C=O) groups is 2. The van der Waals surface area contributed by atoms with Gasteiger partial charge in [0.25, 0.3) is 0 Å². The molecule has 0 N–H and O–H groups in total. The van der Waals surface area contributed by atoms with Gasteiger partial charge in [0.05, 0.1) is 18.9 Å². The number of rotatable bonds is 6. The van der Waals surface area contributed by atoms with E-state index in [2.05, 4.69) is 0 Å². The zero-order valence-electron chi connectivity index (χ0n) is 12.4. The second-order valence-electron chi connectivity index (χ2n) is 5.87. The van der Waals surface area contributed by atoms with Gasteiger partial charge in [-0.3, -0.25) is 9.59 Å². The third-order valence-electron chi connectivity index (χ3n) is 2.21. The van der Waals surface area contributed by atoms with Crippen molar-refractivity contribution in [2.24, 2.45) is 11.8 Å². The van der Waals surface area contributed by atoms with E-state index >= 15 is 0 Å². The van der Waals surface area contributed by atoms with Crippen LogP contribution in [-0.2, 0) is 19.1 Å². The number of carbonyl (C=O) groups excluding carboxylic acids is 2. The predicted molar refractivity (Wildman–Crippen MR) is 70.0 cm³/mol. The van der Waals surface area contributed by atoms with Crippen LogP contribution < -0.4 is 0 Å². The molecular weight excluding hydrogens is 232 g/mol. The monoisotopic (exact) mass is 258 g/mol. The quantitative estimate of drug-likeness (QED) is 0.687. The predicted octanol–water partition coefficient (Wildman–Crippen LogP) is 2.94. The molecule has 0 saturated carbocycles. The summed E-state index contributed by atoms with van der Waals surface area (Å²) in [6.45, 7) is 11.6. The fourth-order valence-corrected chi connectivity index (χ4v) is 1.68. The van der Waals surface area contributed by atoms with Gasteiger partial charge in [0.1, 0.15) is 5.60 Å². The summed E-state index contributed by atoms with van der Waals surface area (Å²) in [5, 5.41) is 0. The third kappa shape index (κ3) is 8.09. The largest absolute Gasteiger partial charge is 0.466 e. The van der Waals surface area contributed by atoms with Crippen molar-refractivity contribution in [3.63, 3.8) is 0 Å². The highest BCUT2D eigenvalue weighted by Gasteiger charge is 2.27. The van der Waals surface area contributed by atoms with E-state index in [9.17, 15) is 9.59 Å². The van der Waals surface area contributed by atoms with E-state index < -0.39 is 11.5 Å². The smallest absolute Gasteiger partial charge is 0.309 e. The van der Waals surface area contributed by atoms with Crippen LogP contribution in [0.3, 0.4) is 0 Å². The van der Waals surface area contributed by atoms with Gasteiger partial charge in [-0.05, 0) is 40.0 Å². The van der Waals surface area contributed by atoms with Gasteiger partial charge >= 0.3 is 11.9 Å². The minimum absolute atomic E-state index is 0.0916. The molecule has 0 aliphatic carbocycles. The molecule has 4 heteroatoms. The van der Waals surface area contributed by atoms with Crippen LogP contribution in [-0.4, -0.2) is 24.1 Å². The Balaban J connectivity index is 4.49. The highest BCUT2D eigenvalue weighted by molar-refractivity contribution is 5.80. The molecule has 18 heavy (non-hydrogen) atoms. The summed E-state index contributed by atoms with van der Waals surface area (Å²) in [6, 6.07) is 0. The highest BCUT2D eigenvalue weighted by Crippen LogP contribution is 2.19. The Morgan fingerprint density at radius 3 is 2.11 bits per heavy atom. The maximum Gasteiger partial charge on any atom is 0.309 e. The van der Waals surface area contributed by atoms with Gasteiger partial charge in [-0.25, -0.2) is 0 Å². The standard InChI is InChI=1S/C14H26O4/c1-7-17-13(16)11(8-10(2)3)9-12(15)18-14(4,5)6/h10-11H,7-9H2,1-6H3. The van der Waals surface area contributed by atoms with Crippen LogP contribution in [0.25, 0.3) is 0 Å². The molecule has 0 saturated heterocycles. The van der Waals surface area contributed by atoms with E-state index in [0.717, 1.165) is 0 Å². The molecule has 0 aromatic rings. The van der Waals surface area contributed by atoms with Gasteiger partial charge in [0.15, 0.2) is 0 Å². The fourth-order valence-electron chi connectivity index (χ4n) is 1.68. The molecule has 0 aliphatic heterocycles. The summed E-state index contributed by atoms with van der Waals surface area (Å²) < 4.78 is 10.2. The van der Waals surface area contributed by atoms with Crippen LogP contribution in [0.5, 0.6) is 0 Å². The topological polar surface area (TPSA) is 52.6 Å². The molecule has 0 amide bonds. The summed E-state index contributed by atoms with van der Waals surface area (Å²) >= 11 is 0. The molecule has 1 unspecified atom stereocenters. The first kappa shape index (κ1) is 16.9. The maximum atomic E-state index is 11.7. The van der Waals surface area contributed by atoms with Crippen molar-refractivity contribution in [1.82, 2.24) is 0 Å². The second kappa shape index (κ2) is 7.39. The van der Waals surface area contributed by atoms with Crippen LogP contribution in [0.1, 0.15) is 54.4 Å². The van der Waals surface area contributed by atoms with Crippen LogP contribution >= 0.6 is 0 Å². The highest BCUT2D eigenvalue weighted by atomic mass is 16.6. The molecule has 0 spiro atoms. The van der Waals surface area contributed by atoms with Crippen molar-refractivity contribution >= 4 is 11.9 Å². The first-order chi connectivity index (χ1) is 8.15. The summed E-state index contributed by atoms with van der Waals surface area (Å²) in [7, 11) is 0. The van der Waals surface area contributed by atoms with E-state index in [1.54, 1.807) is 6.92 Å². The van der Waals surface area contributed by atoms with Gasteiger partial charge in [0, 0.05) is 0 Å². The van der Waals surface area contributed by atoms with E-state index in [1.165, 1.54) is 0 Å². The van der Waals surface area contributed by atoms with Crippen LogP contribution in [0.2, 0.25) is 0 Å². The summed E-state index contributed by atoms with van der Waals surface area (Å²) in [6.07, 6.45) is 0.729. The summed E-state index contributed by atoms with van der Waals surface area (Å²) in [4.78, 5) is 23.5. The summed E-state index contributed by atoms with van der Waals surface area (Å²) in [5.41, 5.74) is -0.520. The second-order valence-corrected chi connectivity index (χ2v) is 5.87. The molecule has 0 aromatic heterocycles. The fraction of sp³-hybridized carbons (Fsp3) is 0.857. The average molecular weight is 258 g/mol. The Labute approximate surface area is 110 Å². The zero-order valence-corrected chi connectivity index (χ0v) is 12.4. The molecule has 0 aliphatic rings. The van der Waals surface area contributed by atoms with Gasteiger partial charge in [0.2, 0.25) is 0 Å². The molecule has 1 atom stereocenters. The normalized spacial score (nSPS) is 13.3. The van der Waals surface area contributed by atoms with Crippen molar-refractivity contribution < 1.29 is 19.1 Å². The summed E-state index contributed by atoms with van der Waals surface area (Å²) in [5.74, 6) is -0.722. The molecule has 0 bridgehead atoms. The maximum absolute atomic E-state index is 11.7. The zero-order chi connectivity index (χ0) is 14.3. The van der Waals surface area contributed by atoms with E-state index in [-0.39, 0.29) is 18.4 Å². The van der Waals surface area contributed by atoms with Crippen LogP contribution in [0.15, 0.2) is 0 Å². The van der Waals surface area contributed by atoms with Crippen molar-refractivity contribution in [3.05, 3.63) is 0 Å². The average Bonchev–Trinajstić information content (AvgIpc) is 2.13. The molecule has 0 rings (SSSR count). The molecule has 0 fully saturated rings. The molecule has 0 heterocycles. The van der Waals surface area contributed by atoms with Crippen molar-refractivity contribution in [2.75, 3.05) is 6.61 Å². The molecule has 0 radical (unpaired) electrons. The SMILES string of the molecule is CCOC(=O)C(CC(=O)OC(C)(C)C)CC(C)C. The number of esters is 2. The van der Waals surface area contributed by atoms with Gasteiger partial charge < -0.3 is 9.47 Å². The van der Waals surface area contributed by atoms with E-state index in [1.807, 2.05) is 34.6 Å². The van der Waals surface area contributed by atoms with Crippen molar-refractivity contribution in [3.8, 4) is 0 Å². The molecular formula is C14H26O4. The van der Waals surface area contributed by atoms with Gasteiger partial charge in [-0.1, -0.05) is 13.8 Å².